The van der Waals surface area contributed by atoms with Crippen LogP contribution in [-0.4, -0.2) is 27.9 Å². The van der Waals surface area contributed by atoms with Gasteiger partial charge >= 0.3 is 0 Å². The lowest BCUT2D eigenvalue weighted by atomic mass is 10.2. The first-order valence-electron chi connectivity index (χ1n) is 4.10. The van der Waals surface area contributed by atoms with Crippen LogP contribution in [0, 0.1) is 5.92 Å². The van der Waals surface area contributed by atoms with Crippen LogP contribution in [0.4, 0.5) is 0 Å². The van der Waals surface area contributed by atoms with Crippen LogP contribution in [0.5, 0.6) is 0 Å². The molecule has 1 aliphatic rings. The van der Waals surface area contributed by atoms with E-state index in [0.717, 1.165) is 12.4 Å². The number of rotatable bonds is 4. The van der Waals surface area contributed by atoms with Gasteiger partial charge in [0.15, 0.2) is 0 Å². The van der Waals surface area contributed by atoms with Crippen LogP contribution in [0.3, 0.4) is 0 Å². The predicted octanol–water partition coefficient (Wildman–Crippen LogP) is 1.18. The number of epoxide rings is 1. The van der Waals surface area contributed by atoms with Crippen molar-refractivity contribution in [2.75, 3.05) is 12.4 Å². The van der Waals surface area contributed by atoms with Crippen molar-refractivity contribution in [1.29, 1.82) is 0 Å². The Kier molecular flexibility index (Phi) is 3.07. The van der Waals surface area contributed by atoms with E-state index in [-0.39, 0.29) is 0 Å². The third-order valence-corrected chi connectivity index (χ3v) is 4.18. The van der Waals surface area contributed by atoms with Crippen molar-refractivity contribution in [3.05, 3.63) is 0 Å². The molecule has 3 unspecified atom stereocenters. The Hall–Kier alpha value is 0.110. The summed E-state index contributed by atoms with van der Waals surface area (Å²) >= 11 is 0. The Labute approximate surface area is 70.8 Å². The summed E-state index contributed by atoms with van der Waals surface area (Å²) in [5.41, 5.74) is 0. The van der Waals surface area contributed by atoms with E-state index in [1.54, 1.807) is 0 Å². The molecule has 0 radical (unpaired) electrons. The molecule has 11 heavy (non-hydrogen) atoms. The lowest BCUT2D eigenvalue weighted by Crippen LogP contribution is -2.22. The molecule has 1 saturated heterocycles. The van der Waals surface area contributed by atoms with Crippen LogP contribution >= 0.6 is 0 Å². The van der Waals surface area contributed by atoms with Gasteiger partial charge in [-0.25, -0.2) is 0 Å². The summed E-state index contributed by atoms with van der Waals surface area (Å²) in [6.45, 7) is 7.08. The molecule has 1 rings (SSSR count). The smallest absolute Gasteiger partial charge is 0.0924 e. The van der Waals surface area contributed by atoms with Crippen molar-refractivity contribution >= 4 is 10.8 Å². The zero-order chi connectivity index (χ0) is 8.43. The fourth-order valence-corrected chi connectivity index (χ4v) is 2.27. The Morgan fingerprint density at radius 2 is 2.09 bits per heavy atom. The van der Waals surface area contributed by atoms with Gasteiger partial charge in [-0.1, -0.05) is 20.8 Å². The molecule has 3 atom stereocenters. The van der Waals surface area contributed by atoms with Gasteiger partial charge in [-0.3, -0.25) is 4.21 Å². The first-order chi connectivity index (χ1) is 5.11. The molecule has 0 amide bonds. The molecule has 1 fully saturated rings. The minimum absolute atomic E-state index is 0.303. The maximum absolute atomic E-state index is 11.5. The number of hydrogen-bond donors (Lipinski definition) is 0. The van der Waals surface area contributed by atoms with E-state index in [4.69, 9.17) is 4.74 Å². The van der Waals surface area contributed by atoms with Crippen LogP contribution in [0.15, 0.2) is 0 Å². The Balaban J connectivity index is 2.26. The molecule has 1 heterocycles. The fourth-order valence-electron chi connectivity index (χ4n) is 0.803. The first kappa shape index (κ1) is 9.20. The Morgan fingerprint density at radius 1 is 1.55 bits per heavy atom. The van der Waals surface area contributed by atoms with Gasteiger partial charge in [0.05, 0.1) is 18.5 Å². The lowest BCUT2D eigenvalue weighted by molar-refractivity contribution is 0.424. The van der Waals surface area contributed by atoms with Gasteiger partial charge in [0.1, 0.15) is 0 Å². The second kappa shape index (κ2) is 3.68. The standard InChI is InChI=1S/C8H16O2S/c1-6(2)7(3)11(9)5-8-4-10-8/h6-8H,4-5H2,1-3H3. The van der Waals surface area contributed by atoms with Gasteiger partial charge in [-0.05, 0) is 5.92 Å². The number of hydrogen-bond acceptors (Lipinski definition) is 2. The molecular weight excluding hydrogens is 160 g/mol. The van der Waals surface area contributed by atoms with Crippen molar-refractivity contribution in [2.24, 2.45) is 5.92 Å². The van der Waals surface area contributed by atoms with E-state index < -0.39 is 10.8 Å². The summed E-state index contributed by atoms with van der Waals surface area (Å²) in [5.74, 6) is 1.24. The highest BCUT2D eigenvalue weighted by Crippen LogP contribution is 2.15. The van der Waals surface area contributed by atoms with Crippen molar-refractivity contribution in [1.82, 2.24) is 0 Å². The lowest BCUT2D eigenvalue weighted by Gasteiger charge is -2.13. The zero-order valence-electron chi connectivity index (χ0n) is 7.37. The van der Waals surface area contributed by atoms with Crippen LogP contribution in [-0.2, 0) is 15.5 Å². The normalized spacial score (nSPS) is 28.5. The average molecular weight is 176 g/mol. The molecule has 0 saturated carbocycles. The van der Waals surface area contributed by atoms with Gasteiger partial charge in [0.25, 0.3) is 0 Å². The molecule has 2 nitrogen and oxygen atoms in total. The summed E-state index contributed by atoms with van der Waals surface area (Å²) < 4.78 is 16.5. The molecule has 0 aromatic rings. The molecule has 0 aromatic carbocycles. The molecule has 3 heteroatoms. The second-order valence-electron chi connectivity index (χ2n) is 3.45. The summed E-state index contributed by atoms with van der Waals surface area (Å²) in [4.78, 5) is 0. The minimum Gasteiger partial charge on any atom is -0.372 e. The van der Waals surface area contributed by atoms with Gasteiger partial charge in [0, 0.05) is 16.0 Å². The third-order valence-electron chi connectivity index (χ3n) is 2.11. The topological polar surface area (TPSA) is 29.6 Å². The van der Waals surface area contributed by atoms with E-state index in [1.807, 2.05) is 6.92 Å². The van der Waals surface area contributed by atoms with Crippen LogP contribution < -0.4 is 0 Å². The monoisotopic (exact) mass is 176 g/mol. The highest BCUT2D eigenvalue weighted by atomic mass is 32.2. The number of ether oxygens (including phenoxy) is 1. The van der Waals surface area contributed by atoms with Gasteiger partial charge in [-0.2, -0.15) is 0 Å². The van der Waals surface area contributed by atoms with Crippen molar-refractivity contribution in [3.8, 4) is 0 Å². The summed E-state index contributed by atoms with van der Waals surface area (Å²) in [5, 5.41) is 0.305. The molecule has 0 aromatic heterocycles. The largest absolute Gasteiger partial charge is 0.372 e. The maximum atomic E-state index is 11.5. The highest BCUT2D eigenvalue weighted by molar-refractivity contribution is 7.85. The zero-order valence-corrected chi connectivity index (χ0v) is 8.19. The molecule has 0 spiro atoms. The van der Waals surface area contributed by atoms with Crippen molar-refractivity contribution < 1.29 is 8.95 Å². The van der Waals surface area contributed by atoms with E-state index in [0.29, 0.717) is 17.3 Å². The summed E-state index contributed by atoms with van der Waals surface area (Å²) in [6, 6.07) is 0. The quantitative estimate of drug-likeness (QED) is 0.602. The molecule has 66 valence electrons. The SMILES string of the molecule is CC(C)C(C)S(=O)CC1CO1. The fraction of sp³-hybridized carbons (Fsp3) is 1.00. The molecule has 1 aliphatic heterocycles. The molecule has 0 aliphatic carbocycles. The van der Waals surface area contributed by atoms with E-state index in [9.17, 15) is 4.21 Å². The van der Waals surface area contributed by atoms with Crippen LogP contribution in [0.2, 0.25) is 0 Å². The minimum atomic E-state index is -0.688. The second-order valence-corrected chi connectivity index (χ2v) is 5.29. The molecular formula is C8H16O2S. The van der Waals surface area contributed by atoms with E-state index in [1.165, 1.54) is 0 Å². The first-order valence-corrected chi connectivity index (χ1v) is 5.48. The average Bonchev–Trinajstić information content (AvgIpc) is 2.69. The third kappa shape index (κ3) is 2.91. The van der Waals surface area contributed by atoms with Crippen molar-refractivity contribution in [3.63, 3.8) is 0 Å². The van der Waals surface area contributed by atoms with Crippen LogP contribution in [0.25, 0.3) is 0 Å². The van der Waals surface area contributed by atoms with Gasteiger partial charge in [0.2, 0.25) is 0 Å². The van der Waals surface area contributed by atoms with E-state index >= 15 is 0 Å². The maximum Gasteiger partial charge on any atom is 0.0924 e. The van der Waals surface area contributed by atoms with Crippen LogP contribution in [0.1, 0.15) is 20.8 Å². The van der Waals surface area contributed by atoms with Gasteiger partial charge in [-0.15, -0.1) is 0 Å². The molecule has 0 N–H and O–H groups in total. The van der Waals surface area contributed by atoms with Crippen molar-refractivity contribution in [2.45, 2.75) is 32.1 Å². The summed E-state index contributed by atoms with van der Waals surface area (Å²) in [6.07, 6.45) is 0.303. The Morgan fingerprint density at radius 3 is 2.45 bits per heavy atom. The Bertz CT molecular complexity index is 152. The predicted molar refractivity (Wildman–Crippen MR) is 47.0 cm³/mol. The van der Waals surface area contributed by atoms with Gasteiger partial charge < -0.3 is 4.74 Å². The van der Waals surface area contributed by atoms with E-state index in [2.05, 4.69) is 13.8 Å². The summed E-state index contributed by atoms with van der Waals surface area (Å²) in [7, 11) is -0.688. The highest BCUT2D eigenvalue weighted by Gasteiger charge is 2.27. The molecule has 0 bridgehead atoms.